The summed E-state index contributed by atoms with van der Waals surface area (Å²) in [6.45, 7) is 0.492. The average molecular weight is 312 g/mol. The molecule has 0 radical (unpaired) electrons. The van der Waals surface area contributed by atoms with Gasteiger partial charge in [-0.05, 0) is 17.7 Å². The van der Waals surface area contributed by atoms with E-state index < -0.39 is 5.82 Å². The molecule has 0 atom stereocenters. The molecule has 23 heavy (non-hydrogen) atoms. The van der Waals surface area contributed by atoms with Crippen LogP contribution in [0.15, 0.2) is 69.6 Å². The standard InChI is InChI=1S/C16H13FN4O2/c17-14-10-18-16(23-11-12-5-2-1-3-6-12)20-15(14)21-19-9-13-7-4-8-22-13/h1-8,10H,9,11H2. The second kappa shape index (κ2) is 7.26. The number of aromatic nitrogens is 2. The number of azo groups is 1. The summed E-state index contributed by atoms with van der Waals surface area (Å²) in [7, 11) is 0. The highest BCUT2D eigenvalue weighted by molar-refractivity contribution is 5.27. The van der Waals surface area contributed by atoms with Gasteiger partial charge in [-0.2, -0.15) is 10.1 Å². The number of furan rings is 1. The van der Waals surface area contributed by atoms with E-state index in [1.165, 1.54) is 6.26 Å². The van der Waals surface area contributed by atoms with Crippen molar-refractivity contribution in [2.45, 2.75) is 13.2 Å². The summed E-state index contributed by atoms with van der Waals surface area (Å²) in [5.74, 6) is -0.210. The lowest BCUT2D eigenvalue weighted by Crippen LogP contribution is -2.00. The Bertz CT molecular complexity index is 776. The lowest BCUT2D eigenvalue weighted by molar-refractivity contribution is 0.279. The summed E-state index contributed by atoms with van der Waals surface area (Å²) in [4.78, 5) is 7.69. The van der Waals surface area contributed by atoms with E-state index >= 15 is 0 Å². The van der Waals surface area contributed by atoms with E-state index in [1.807, 2.05) is 30.3 Å². The van der Waals surface area contributed by atoms with Crippen LogP contribution < -0.4 is 4.74 Å². The van der Waals surface area contributed by atoms with Crippen molar-refractivity contribution in [3.05, 3.63) is 72.1 Å². The molecule has 3 aromatic rings. The van der Waals surface area contributed by atoms with E-state index in [1.54, 1.807) is 12.1 Å². The summed E-state index contributed by atoms with van der Waals surface area (Å²) in [6.07, 6.45) is 2.54. The van der Waals surface area contributed by atoms with Gasteiger partial charge in [0.25, 0.3) is 0 Å². The van der Waals surface area contributed by atoms with Crippen LogP contribution in [0, 0.1) is 5.82 Å². The van der Waals surface area contributed by atoms with Crippen molar-refractivity contribution in [1.29, 1.82) is 0 Å². The molecule has 1 aromatic carbocycles. The summed E-state index contributed by atoms with van der Waals surface area (Å²) in [5, 5.41) is 7.60. The van der Waals surface area contributed by atoms with Crippen LogP contribution in [0.5, 0.6) is 6.01 Å². The maximum atomic E-state index is 13.6. The van der Waals surface area contributed by atoms with Crippen molar-refractivity contribution < 1.29 is 13.5 Å². The minimum absolute atomic E-state index is 0.0437. The highest BCUT2D eigenvalue weighted by Crippen LogP contribution is 2.18. The Morgan fingerprint density at radius 2 is 2.00 bits per heavy atom. The highest BCUT2D eigenvalue weighted by Gasteiger charge is 2.07. The Morgan fingerprint density at radius 1 is 1.13 bits per heavy atom. The first kappa shape index (κ1) is 14.8. The predicted octanol–water partition coefficient (Wildman–Crippen LogP) is 4.07. The smallest absolute Gasteiger partial charge is 0.318 e. The lowest BCUT2D eigenvalue weighted by atomic mass is 10.2. The molecular weight excluding hydrogens is 299 g/mol. The third-order valence-electron chi connectivity index (χ3n) is 2.89. The van der Waals surface area contributed by atoms with Crippen molar-refractivity contribution in [3.63, 3.8) is 0 Å². The third-order valence-corrected chi connectivity index (χ3v) is 2.89. The van der Waals surface area contributed by atoms with Crippen LogP contribution in [0.25, 0.3) is 0 Å². The number of nitrogens with zero attached hydrogens (tertiary/aromatic N) is 4. The maximum Gasteiger partial charge on any atom is 0.318 e. The molecule has 0 aliphatic rings. The number of rotatable bonds is 6. The molecule has 0 saturated heterocycles. The monoisotopic (exact) mass is 312 g/mol. The number of halogens is 1. The summed E-state index contributed by atoms with van der Waals surface area (Å²) < 4.78 is 24.2. The molecule has 0 fully saturated rings. The van der Waals surface area contributed by atoms with Gasteiger partial charge < -0.3 is 9.15 Å². The molecule has 0 spiro atoms. The molecule has 2 heterocycles. The molecule has 0 amide bonds. The minimum atomic E-state index is -0.666. The van der Waals surface area contributed by atoms with Crippen LogP contribution in [-0.2, 0) is 13.2 Å². The fourth-order valence-corrected chi connectivity index (χ4v) is 1.78. The second-order valence-electron chi connectivity index (χ2n) is 4.58. The van der Waals surface area contributed by atoms with Crippen LogP contribution >= 0.6 is 0 Å². The van der Waals surface area contributed by atoms with E-state index in [4.69, 9.17) is 9.15 Å². The zero-order chi connectivity index (χ0) is 15.9. The lowest BCUT2D eigenvalue weighted by Gasteiger charge is -2.04. The summed E-state index contributed by atoms with van der Waals surface area (Å²) in [6, 6.07) is 13.1. The predicted molar refractivity (Wildman–Crippen MR) is 79.7 cm³/mol. The molecule has 7 heteroatoms. The third kappa shape index (κ3) is 4.19. The molecule has 0 aliphatic heterocycles. The van der Waals surface area contributed by atoms with E-state index in [2.05, 4.69) is 20.2 Å². The van der Waals surface area contributed by atoms with Gasteiger partial charge >= 0.3 is 6.01 Å². The largest absolute Gasteiger partial charge is 0.467 e. The second-order valence-corrected chi connectivity index (χ2v) is 4.58. The van der Waals surface area contributed by atoms with Gasteiger partial charge in [0.15, 0.2) is 5.82 Å². The molecule has 116 valence electrons. The molecular formula is C16H13FN4O2. The van der Waals surface area contributed by atoms with Gasteiger partial charge in [0.05, 0.1) is 12.5 Å². The van der Waals surface area contributed by atoms with Crippen molar-refractivity contribution >= 4 is 5.82 Å². The Labute approximate surface area is 131 Å². The molecule has 2 aromatic heterocycles. The first-order valence-corrected chi connectivity index (χ1v) is 6.90. The van der Waals surface area contributed by atoms with Crippen molar-refractivity contribution in [2.75, 3.05) is 0 Å². The molecule has 0 saturated carbocycles. The van der Waals surface area contributed by atoms with Crippen molar-refractivity contribution in [1.82, 2.24) is 9.97 Å². The van der Waals surface area contributed by atoms with Gasteiger partial charge in [0.2, 0.25) is 5.82 Å². The quantitative estimate of drug-likeness (QED) is 0.643. The van der Waals surface area contributed by atoms with Crippen LogP contribution in [-0.4, -0.2) is 9.97 Å². The van der Waals surface area contributed by atoms with Crippen molar-refractivity contribution in [2.24, 2.45) is 10.2 Å². The van der Waals surface area contributed by atoms with E-state index in [0.29, 0.717) is 5.76 Å². The fraction of sp³-hybridized carbons (Fsp3) is 0.125. The van der Waals surface area contributed by atoms with Gasteiger partial charge in [0, 0.05) is 0 Å². The van der Waals surface area contributed by atoms with E-state index in [0.717, 1.165) is 11.8 Å². The Balaban J connectivity index is 1.65. The normalized spacial score (nSPS) is 11.0. The first-order valence-electron chi connectivity index (χ1n) is 6.90. The summed E-state index contributed by atoms with van der Waals surface area (Å²) >= 11 is 0. The van der Waals surface area contributed by atoms with Crippen LogP contribution in [0.1, 0.15) is 11.3 Å². The number of hydrogen-bond acceptors (Lipinski definition) is 6. The van der Waals surface area contributed by atoms with Gasteiger partial charge in [-0.15, -0.1) is 5.11 Å². The maximum absolute atomic E-state index is 13.6. The number of benzene rings is 1. The molecule has 6 nitrogen and oxygen atoms in total. The van der Waals surface area contributed by atoms with Crippen LogP contribution in [0.2, 0.25) is 0 Å². The zero-order valence-electron chi connectivity index (χ0n) is 12.1. The van der Waals surface area contributed by atoms with Crippen LogP contribution in [0.4, 0.5) is 10.2 Å². The minimum Gasteiger partial charge on any atom is -0.467 e. The van der Waals surface area contributed by atoms with E-state index in [9.17, 15) is 4.39 Å². The van der Waals surface area contributed by atoms with Crippen molar-refractivity contribution in [3.8, 4) is 6.01 Å². The fourth-order valence-electron chi connectivity index (χ4n) is 1.78. The number of ether oxygens (including phenoxy) is 1. The first-order chi connectivity index (χ1) is 11.3. The Morgan fingerprint density at radius 3 is 2.78 bits per heavy atom. The highest BCUT2D eigenvalue weighted by atomic mass is 19.1. The molecule has 0 N–H and O–H groups in total. The molecule has 3 rings (SSSR count). The van der Waals surface area contributed by atoms with Crippen LogP contribution in [0.3, 0.4) is 0 Å². The SMILES string of the molecule is Fc1cnc(OCc2ccccc2)nc1N=NCc1ccco1. The van der Waals surface area contributed by atoms with Gasteiger partial charge in [0.1, 0.15) is 18.9 Å². The number of hydrogen-bond donors (Lipinski definition) is 0. The molecule has 0 bridgehead atoms. The topological polar surface area (TPSA) is 72.9 Å². The zero-order valence-corrected chi connectivity index (χ0v) is 12.1. The molecule has 0 unspecified atom stereocenters. The Hall–Kier alpha value is -3.09. The Kier molecular flexibility index (Phi) is 4.68. The van der Waals surface area contributed by atoms with Gasteiger partial charge in [-0.3, -0.25) is 0 Å². The summed E-state index contributed by atoms with van der Waals surface area (Å²) in [5.41, 5.74) is 0.960. The molecule has 0 aliphatic carbocycles. The van der Waals surface area contributed by atoms with Gasteiger partial charge in [-0.1, -0.05) is 30.3 Å². The average Bonchev–Trinajstić information content (AvgIpc) is 3.10. The van der Waals surface area contributed by atoms with E-state index in [-0.39, 0.29) is 25.0 Å². The van der Waals surface area contributed by atoms with Gasteiger partial charge in [-0.25, -0.2) is 9.37 Å².